The minimum Gasteiger partial charge on any atom is -0.288 e. The molecule has 0 aliphatic rings. The van der Waals surface area contributed by atoms with E-state index in [0.29, 0.717) is 23.5 Å². The number of nitrogens with zero attached hydrogens (tertiary/aromatic N) is 4. The van der Waals surface area contributed by atoms with Crippen molar-refractivity contribution in [3.63, 3.8) is 0 Å². The van der Waals surface area contributed by atoms with Crippen molar-refractivity contribution >= 4 is 54.3 Å². The van der Waals surface area contributed by atoms with E-state index in [-0.39, 0.29) is 9.40 Å². The molecule has 3 aromatic rings. The van der Waals surface area contributed by atoms with Crippen molar-refractivity contribution in [1.82, 2.24) is 0 Å². The number of benzene rings is 2. The molecule has 0 amide bonds. The highest BCUT2D eigenvalue weighted by Crippen LogP contribution is 2.39. The molecule has 3 rings (SSSR count). The van der Waals surface area contributed by atoms with Crippen molar-refractivity contribution in [3.8, 4) is 0 Å². The third kappa shape index (κ3) is 2.78. The fourth-order valence-corrected chi connectivity index (χ4v) is 3.70. The SMILES string of the molecule is O=c1c2cc([N+](=O)[O-])cc([N+](=O)[O-])c2sc2cc([N+](=O)[O-])cc([N+](=O)[O-])c12. The second kappa shape index (κ2) is 6.03. The van der Waals surface area contributed by atoms with E-state index in [2.05, 4.69) is 0 Å². The standard InChI is InChI=1S/C13H4N4O9S/c18-12-7-1-5(14(19)20)3-9(17(25)26)13(7)27-10-4-6(15(21)22)2-8(11(10)12)16(23)24/h1-4H. The zero-order chi connectivity index (χ0) is 20.0. The maximum absolute atomic E-state index is 12.7. The third-order valence-corrected chi connectivity index (χ3v) is 4.79. The van der Waals surface area contributed by atoms with E-state index in [9.17, 15) is 45.3 Å². The molecule has 0 atom stereocenters. The molecule has 1 heterocycles. The number of rotatable bonds is 4. The summed E-state index contributed by atoms with van der Waals surface area (Å²) in [4.78, 5) is 53.4. The summed E-state index contributed by atoms with van der Waals surface area (Å²) in [6.45, 7) is 0. The van der Waals surface area contributed by atoms with Gasteiger partial charge in [-0.05, 0) is 0 Å². The van der Waals surface area contributed by atoms with Gasteiger partial charge in [-0.1, -0.05) is 0 Å². The van der Waals surface area contributed by atoms with Gasteiger partial charge in [-0.15, -0.1) is 11.3 Å². The Hall–Kier alpha value is -4.07. The van der Waals surface area contributed by atoms with Crippen LogP contribution in [-0.2, 0) is 0 Å². The van der Waals surface area contributed by atoms with Crippen molar-refractivity contribution in [2.75, 3.05) is 0 Å². The van der Waals surface area contributed by atoms with Gasteiger partial charge in [-0.25, -0.2) is 0 Å². The minimum atomic E-state index is -1.06. The molecule has 1 aromatic heterocycles. The lowest BCUT2D eigenvalue weighted by atomic mass is 10.1. The van der Waals surface area contributed by atoms with Crippen molar-refractivity contribution in [2.45, 2.75) is 0 Å². The van der Waals surface area contributed by atoms with Gasteiger partial charge in [0.1, 0.15) is 10.1 Å². The monoisotopic (exact) mass is 392 g/mol. The highest BCUT2D eigenvalue weighted by atomic mass is 32.1. The highest BCUT2D eigenvalue weighted by Gasteiger charge is 2.27. The summed E-state index contributed by atoms with van der Waals surface area (Å²) >= 11 is 0.531. The van der Waals surface area contributed by atoms with Gasteiger partial charge >= 0.3 is 0 Å². The van der Waals surface area contributed by atoms with Crippen LogP contribution in [0.3, 0.4) is 0 Å². The summed E-state index contributed by atoms with van der Waals surface area (Å²) in [6, 6.07) is 2.91. The molecule has 14 heteroatoms. The molecule has 0 bridgehead atoms. The molecule has 0 N–H and O–H groups in total. The van der Waals surface area contributed by atoms with Crippen LogP contribution >= 0.6 is 11.3 Å². The van der Waals surface area contributed by atoms with Crippen LogP contribution in [0.25, 0.3) is 20.2 Å². The number of hydrogen-bond donors (Lipinski definition) is 0. The topological polar surface area (TPSA) is 190 Å². The zero-order valence-electron chi connectivity index (χ0n) is 12.7. The lowest BCUT2D eigenvalue weighted by Gasteiger charge is -2.03. The van der Waals surface area contributed by atoms with E-state index >= 15 is 0 Å². The van der Waals surface area contributed by atoms with Gasteiger partial charge in [-0.2, -0.15) is 0 Å². The molecule has 0 saturated heterocycles. The number of nitro groups is 4. The Balaban J connectivity index is 2.62. The van der Waals surface area contributed by atoms with E-state index in [0.717, 1.165) is 12.1 Å². The molecule has 0 aliphatic carbocycles. The molecule has 13 nitrogen and oxygen atoms in total. The van der Waals surface area contributed by atoms with Gasteiger partial charge < -0.3 is 0 Å². The average molecular weight is 392 g/mol. The number of nitro benzene ring substituents is 4. The summed E-state index contributed by atoms with van der Waals surface area (Å²) < 4.78 is -0.497. The van der Waals surface area contributed by atoms with Crippen molar-refractivity contribution in [1.29, 1.82) is 0 Å². The summed E-state index contributed by atoms with van der Waals surface area (Å²) in [5.74, 6) is 0. The lowest BCUT2D eigenvalue weighted by molar-refractivity contribution is -0.393. The minimum absolute atomic E-state index is 0.217. The molecular formula is C13H4N4O9S. The summed E-state index contributed by atoms with van der Waals surface area (Å²) in [5, 5.41) is 43.5. The van der Waals surface area contributed by atoms with E-state index in [4.69, 9.17) is 0 Å². The Morgan fingerprint density at radius 3 is 1.74 bits per heavy atom. The largest absolute Gasteiger partial charge is 0.294 e. The molecule has 136 valence electrons. The lowest BCUT2D eigenvalue weighted by Crippen LogP contribution is -2.07. The Kier molecular flexibility index (Phi) is 3.96. The Morgan fingerprint density at radius 2 is 1.22 bits per heavy atom. The summed E-state index contributed by atoms with van der Waals surface area (Å²) in [7, 11) is 0. The number of fused-ring (bicyclic) bond motifs is 2. The second-order valence-electron chi connectivity index (χ2n) is 5.14. The van der Waals surface area contributed by atoms with E-state index in [1.807, 2.05) is 0 Å². The van der Waals surface area contributed by atoms with Crippen molar-refractivity contribution in [2.24, 2.45) is 0 Å². The van der Waals surface area contributed by atoms with Gasteiger partial charge in [0, 0.05) is 12.1 Å². The van der Waals surface area contributed by atoms with E-state index in [1.165, 1.54) is 0 Å². The molecule has 0 saturated carbocycles. The van der Waals surface area contributed by atoms with Crippen LogP contribution in [0.15, 0.2) is 29.1 Å². The Morgan fingerprint density at radius 1 is 0.704 bits per heavy atom. The first kappa shape index (κ1) is 17.7. The fraction of sp³-hybridized carbons (Fsp3) is 0. The van der Waals surface area contributed by atoms with Crippen LogP contribution in [-0.4, -0.2) is 19.7 Å². The highest BCUT2D eigenvalue weighted by molar-refractivity contribution is 7.25. The van der Waals surface area contributed by atoms with Gasteiger partial charge in [-0.3, -0.25) is 45.3 Å². The molecule has 0 spiro atoms. The van der Waals surface area contributed by atoms with Crippen LogP contribution in [0.1, 0.15) is 0 Å². The summed E-state index contributed by atoms with van der Waals surface area (Å²) in [6.07, 6.45) is 0. The predicted molar refractivity (Wildman–Crippen MR) is 92.2 cm³/mol. The van der Waals surface area contributed by atoms with Crippen LogP contribution in [0.4, 0.5) is 22.7 Å². The Bertz CT molecular complexity index is 1270. The maximum atomic E-state index is 12.7. The van der Waals surface area contributed by atoms with Crippen LogP contribution in [0.2, 0.25) is 0 Å². The van der Waals surface area contributed by atoms with E-state index < -0.39 is 58.6 Å². The molecule has 0 radical (unpaired) electrons. The fourth-order valence-electron chi connectivity index (χ4n) is 2.51. The van der Waals surface area contributed by atoms with Gasteiger partial charge in [0.2, 0.25) is 5.43 Å². The number of hydrogen-bond acceptors (Lipinski definition) is 10. The molecule has 27 heavy (non-hydrogen) atoms. The first-order valence-corrected chi connectivity index (χ1v) is 7.59. The van der Waals surface area contributed by atoms with Crippen molar-refractivity contribution < 1.29 is 19.7 Å². The average Bonchev–Trinajstić information content (AvgIpc) is 2.59. The van der Waals surface area contributed by atoms with Crippen LogP contribution < -0.4 is 5.43 Å². The number of non-ortho nitro benzene ring substituents is 4. The molecule has 2 aromatic carbocycles. The van der Waals surface area contributed by atoms with Gasteiger partial charge in [0.05, 0.1) is 41.9 Å². The maximum Gasteiger partial charge on any atom is 0.294 e. The molecule has 0 unspecified atom stereocenters. The quantitative estimate of drug-likeness (QED) is 0.364. The molecule has 0 fully saturated rings. The predicted octanol–water partition coefficient (Wildman–Crippen LogP) is 3.05. The smallest absolute Gasteiger partial charge is 0.288 e. The van der Waals surface area contributed by atoms with Crippen LogP contribution in [0, 0.1) is 40.5 Å². The van der Waals surface area contributed by atoms with Crippen molar-refractivity contribution in [3.05, 3.63) is 74.9 Å². The van der Waals surface area contributed by atoms with Crippen LogP contribution in [0.5, 0.6) is 0 Å². The molecular weight excluding hydrogens is 388 g/mol. The normalized spacial score (nSPS) is 10.8. The first-order chi connectivity index (χ1) is 12.6. The zero-order valence-corrected chi connectivity index (χ0v) is 13.5. The summed E-state index contributed by atoms with van der Waals surface area (Å²) in [5.41, 5.74) is -4.09. The van der Waals surface area contributed by atoms with E-state index in [1.54, 1.807) is 0 Å². The molecule has 0 aliphatic heterocycles. The Labute approximate surface area is 149 Å². The van der Waals surface area contributed by atoms with Gasteiger partial charge in [0.25, 0.3) is 22.7 Å². The first-order valence-electron chi connectivity index (χ1n) is 6.78. The second-order valence-corrected chi connectivity index (χ2v) is 6.19. The third-order valence-electron chi connectivity index (χ3n) is 3.62. The van der Waals surface area contributed by atoms with Gasteiger partial charge in [0.15, 0.2) is 0 Å².